The van der Waals surface area contributed by atoms with Crippen LogP contribution in [0.3, 0.4) is 0 Å². The van der Waals surface area contributed by atoms with E-state index in [1.807, 2.05) is 6.07 Å². The minimum Gasteiger partial charge on any atom is -0.452 e. The third-order valence-electron chi connectivity index (χ3n) is 3.29. The number of aryl methyl sites for hydroxylation is 1. The van der Waals surface area contributed by atoms with E-state index in [4.69, 9.17) is 14.5 Å². The molecule has 0 aliphatic rings. The molecule has 0 spiro atoms. The number of nitrogens with one attached hydrogen (secondary N) is 2. The molecule has 2 N–H and O–H groups in total. The normalized spacial score (nSPS) is 11.2. The highest BCUT2D eigenvalue weighted by Gasteiger charge is 2.18. The third kappa shape index (κ3) is 6.77. The fourth-order valence-corrected chi connectivity index (χ4v) is 2.62. The van der Waals surface area contributed by atoms with Crippen LogP contribution in [0.2, 0.25) is 0 Å². The van der Waals surface area contributed by atoms with Gasteiger partial charge in [-0.25, -0.2) is 0 Å². The van der Waals surface area contributed by atoms with Crippen LogP contribution in [0.15, 0.2) is 34.9 Å². The zero-order valence-electron chi connectivity index (χ0n) is 15.2. The van der Waals surface area contributed by atoms with Gasteiger partial charge in [0, 0.05) is 11.8 Å². The van der Waals surface area contributed by atoms with Gasteiger partial charge in [0.05, 0.1) is 23.1 Å². The molecule has 0 saturated heterocycles. The number of hydrogen-bond acceptors (Lipinski definition) is 8. The Bertz CT molecular complexity index is 905. The number of thioether (sulfide) groups is 1. The number of carbonyl (C=O) groups is 3. The van der Waals surface area contributed by atoms with E-state index in [1.54, 1.807) is 31.2 Å². The molecule has 2 aromatic rings. The number of ether oxygens (including phenoxy) is 1. The fourth-order valence-electron chi connectivity index (χ4n) is 2.03. The lowest BCUT2D eigenvalue weighted by atomic mass is 10.2. The molecule has 0 aliphatic carbocycles. The predicted octanol–water partition coefficient (Wildman–Crippen LogP) is 2.10. The predicted molar refractivity (Wildman–Crippen MR) is 103 cm³/mol. The standard InChI is InChI=1S/C18H18N4O5S/c1-11-6-15(22-27-11)21-16(23)9-28-10-17(24)26-12(2)18(25)20-14-5-3-4-13(7-14)8-19/h3-7,12H,9-10H2,1-2H3,(H,20,25)(H,21,22,23)/t12-/m1/s1. The topological polar surface area (TPSA) is 134 Å². The van der Waals surface area contributed by atoms with Gasteiger partial charge >= 0.3 is 5.97 Å². The summed E-state index contributed by atoms with van der Waals surface area (Å²) < 4.78 is 9.88. The molecular weight excluding hydrogens is 384 g/mol. The molecule has 2 amide bonds. The highest BCUT2D eigenvalue weighted by Crippen LogP contribution is 2.12. The van der Waals surface area contributed by atoms with Gasteiger partial charge in [-0.3, -0.25) is 14.4 Å². The summed E-state index contributed by atoms with van der Waals surface area (Å²) in [6.45, 7) is 3.14. The van der Waals surface area contributed by atoms with Crippen LogP contribution in [0, 0.1) is 18.3 Å². The van der Waals surface area contributed by atoms with Crippen molar-refractivity contribution in [2.24, 2.45) is 0 Å². The molecule has 9 nitrogen and oxygen atoms in total. The molecule has 0 fully saturated rings. The Kier molecular flexibility index (Phi) is 7.59. The lowest BCUT2D eigenvalue weighted by Gasteiger charge is -2.13. The average molecular weight is 402 g/mol. The number of amides is 2. The van der Waals surface area contributed by atoms with Gasteiger partial charge < -0.3 is 19.9 Å². The lowest BCUT2D eigenvalue weighted by Crippen LogP contribution is -2.30. The van der Waals surface area contributed by atoms with Crippen LogP contribution in [0.5, 0.6) is 0 Å². The number of rotatable bonds is 8. The van der Waals surface area contributed by atoms with Crippen LogP contribution < -0.4 is 10.6 Å². The number of aromatic nitrogens is 1. The van der Waals surface area contributed by atoms with E-state index >= 15 is 0 Å². The zero-order valence-corrected chi connectivity index (χ0v) is 16.0. The number of carbonyl (C=O) groups excluding carboxylic acids is 3. The minimum absolute atomic E-state index is 0.0164. The third-order valence-corrected chi connectivity index (χ3v) is 4.19. The van der Waals surface area contributed by atoms with E-state index in [9.17, 15) is 14.4 Å². The molecule has 0 unspecified atom stereocenters. The Morgan fingerprint density at radius 2 is 2.07 bits per heavy atom. The molecule has 1 aromatic carbocycles. The Hall–Kier alpha value is -3.32. The van der Waals surface area contributed by atoms with E-state index in [-0.39, 0.29) is 17.4 Å². The SMILES string of the molecule is Cc1cc(NC(=O)CSCC(=O)O[C@H](C)C(=O)Nc2cccc(C#N)c2)no1. The Morgan fingerprint density at radius 1 is 1.29 bits per heavy atom. The smallest absolute Gasteiger partial charge is 0.316 e. The molecule has 1 heterocycles. The van der Waals surface area contributed by atoms with Gasteiger partial charge in [0.25, 0.3) is 5.91 Å². The summed E-state index contributed by atoms with van der Waals surface area (Å²) in [7, 11) is 0. The molecule has 146 valence electrons. The van der Waals surface area contributed by atoms with Crippen molar-refractivity contribution in [1.82, 2.24) is 5.16 Å². The first-order chi connectivity index (χ1) is 13.4. The highest BCUT2D eigenvalue weighted by molar-refractivity contribution is 8.00. The van der Waals surface area contributed by atoms with Gasteiger partial charge in [-0.05, 0) is 32.0 Å². The van der Waals surface area contributed by atoms with Crippen LogP contribution in [0.25, 0.3) is 0 Å². The van der Waals surface area contributed by atoms with Crippen molar-refractivity contribution in [2.45, 2.75) is 20.0 Å². The maximum absolute atomic E-state index is 12.1. The van der Waals surface area contributed by atoms with Gasteiger partial charge in [-0.1, -0.05) is 11.2 Å². The van der Waals surface area contributed by atoms with Crippen molar-refractivity contribution in [2.75, 3.05) is 22.1 Å². The summed E-state index contributed by atoms with van der Waals surface area (Å²) >= 11 is 1.05. The van der Waals surface area contributed by atoms with Crippen molar-refractivity contribution in [3.8, 4) is 6.07 Å². The number of benzene rings is 1. The van der Waals surface area contributed by atoms with Crippen molar-refractivity contribution >= 4 is 41.1 Å². The summed E-state index contributed by atoms with van der Waals surface area (Å²) in [4.78, 5) is 35.6. The van der Waals surface area contributed by atoms with Gasteiger partial charge in [-0.2, -0.15) is 5.26 Å². The summed E-state index contributed by atoms with van der Waals surface area (Å²) in [6.07, 6.45) is -1.02. The molecule has 10 heteroatoms. The van der Waals surface area contributed by atoms with E-state index < -0.39 is 18.0 Å². The number of esters is 1. The molecular formula is C18H18N4O5S. The quantitative estimate of drug-likeness (QED) is 0.641. The van der Waals surface area contributed by atoms with Crippen molar-refractivity contribution in [3.05, 3.63) is 41.7 Å². The van der Waals surface area contributed by atoms with Gasteiger partial charge in [0.1, 0.15) is 5.76 Å². The Labute approximate surface area is 165 Å². The minimum atomic E-state index is -1.02. The van der Waals surface area contributed by atoms with Gasteiger partial charge in [0.15, 0.2) is 11.9 Å². The second-order valence-corrected chi connectivity index (χ2v) is 6.66. The number of nitrogens with zero attached hydrogens (tertiary/aromatic N) is 2. The second kappa shape index (κ2) is 10.1. The second-order valence-electron chi connectivity index (χ2n) is 5.68. The van der Waals surface area contributed by atoms with Crippen molar-refractivity contribution in [1.29, 1.82) is 5.26 Å². The van der Waals surface area contributed by atoms with Crippen LogP contribution in [0.4, 0.5) is 11.5 Å². The van der Waals surface area contributed by atoms with Crippen LogP contribution in [0.1, 0.15) is 18.2 Å². The van der Waals surface area contributed by atoms with E-state index in [1.165, 1.54) is 13.0 Å². The monoisotopic (exact) mass is 402 g/mol. The van der Waals surface area contributed by atoms with Crippen LogP contribution in [-0.2, 0) is 19.1 Å². The van der Waals surface area contributed by atoms with E-state index in [0.717, 1.165) is 11.8 Å². The molecule has 1 atom stereocenters. The largest absolute Gasteiger partial charge is 0.452 e. The molecule has 0 bridgehead atoms. The Balaban J connectivity index is 1.70. The molecule has 0 aliphatic heterocycles. The molecule has 0 radical (unpaired) electrons. The van der Waals surface area contributed by atoms with E-state index in [2.05, 4.69) is 15.8 Å². The fraction of sp³-hybridized carbons (Fsp3) is 0.278. The van der Waals surface area contributed by atoms with Crippen LogP contribution >= 0.6 is 11.8 Å². The summed E-state index contributed by atoms with van der Waals surface area (Å²) in [5.41, 5.74) is 0.832. The van der Waals surface area contributed by atoms with E-state index in [0.29, 0.717) is 22.8 Å². The summed E-state index contributed by atoms with van der Waals surface area (Å²) in [6, 6.07) is 9.92. The maximum Gasteiger partial charge on any atom is 0.316 e. The number of nitriles is 1. The van der Waals surface area contributed by atoms with Gasteiger partial charge in [-0.15, -0.1) is 11.8 Å². The summed E-state index contributed by atoms with van der Waals surface area (Å²) in [5.74, 6) is -0.685. The summed E-state index contributed by atoms with van der Waals surface area (Å²) in [5, 5.41) is 17.6. The highest BCUT2D eigenvalue weighted by atomic mass is 32.2. The van der Waals surface area contributed by atoms with Crippen molar-refractivity contribution in [3.63, 3.8) is 0 Å². The number of hydrogen-bond donors (Lipinski definition) is 2. The lowest BCUT2D eigenvalue weighted by molar-refractivity contribution is -0.150. The molecule has 28 heavy (non-hydrogen) atoms. The molecule has 2 rings (SSSR count). The molecule has 1 aromatic heterocycles. The maximum atomic E-state index is 12.1. The van der Waals surface area contributed by atoms with Gasteiger partial charge in [0.2, 0.25) is 5.91 Å². The first-order valence-corrected chi connectivity index (χ1v) is 9.34. The first-order valence-electron chi connectivity index (χ1n) is 8.19. The van der Waals surface area contributed by atoms with Crippen LogP contribution in [-0.4, -0.2) is 40.6 Å². The number of anilines is 2. The zero-order chi connectivity index (χ0) is 20.5. The average Bonchev–Trinajstić information content (AvgIpc) is 3.06. The Morgan fingerprint density at radius 3 is 2.75 bits per heavy atom. The molecule has 0 saturated carbocycles. The first kappa shape index (κ1) is 21.0. The van der Waals surface area contributed by atoms with Crippen molar-refractivity contribution < 1.29 is 23.6 Å².